The van der Waals surface area contributed by atoms with Crippen LogP contribution in [-0.2, 0) is 19.0 Å². The van der Waals surface area contributed by atoms with Gasteiger partial charge < -0.3 is 19.3 Å². The van der Waals surface area contributed by atoms with Gasteiger partial charge in [-0.05, 0) is 12.8 Å². The van der Waals surface area contributed by atoms with Gasteiger partial charge in [0.2, 0.25) is 0 Å². The van der Waals surface area contributed by atoms with Gasteiger partial charge in [0.25, 0.3) is 0 Å². The Morgan fingerprint density at radius 1 is 1.16 bits per heavy atom. The van der Waals surface area contributed by atoms with Crippen molar-refractivity contribution in [3.8, 4) is 0 Å². The molecule has 3 aliphatic rings. The van der Waals surface area contributed by atoms with Gasteiger partial charge in [-0.2, -0.15) is 0 Å². The van der Waals surface area contributed by atoms with Crippen molar-refractivity contribution in [3.63, 3.8) is 0 Å². The third-order valence-electron chi connectivity index (χ3n) is 4.74. The molecule has 0 aromatic rings. The number of carbonyl (C=O) groups excluding carboxylic acids is 1. The lowest BCUT2D eigenvalue weighted by molar-refractivity contribution is -0.268. The van der Waals surface area contributed by atoms with Crippen LogP contribution in [0, 0.1) is 5.41 Å². The van der Waals surface area contributed by atoms with E-state index in [2.05, 4.69) is 13.8 Å². The molecule has 3 fully saturated rings. The number of hydrogen-bond acceptors (Lipinski definition) is 5. The van der Waals surface area contributed by atoms with Gasteiger partial charge in [-0.15, -0.1) is 0 Å². The van der Waals surface area contributed by atoms with Crippen molar-refractivity contribution in [1.29, 1.82) is 0 Å². The Morgan fingerprint density at radius 3 is 2.37 bits per heavy atom. The van der Waals surface area contributed by atoms with E-state index in [-0.39, 0.29) is 17.8 Å². The second kappa shape index (κ2) is 4.04. The van der Waals surface area contributed by atoms with Gasteiger partial charge in [-0.25, -0.2) is 0 Å². The Hall–Kier alpha value is -0.910. The first-order valence-electron chi connectivity index (χ1n) is 6.75. The Kier molecular flexibility index (Phi) is 2.78. The Balaban J connectivity index is 1.89. The number of hydrogen-bond donors (Lipinski definition) is 1. The summed E-state index contributed by atoms with van der Waals surface area (Å²) in [6, 6.07) is 0. The summed E-state index contributed by atoms with van der Waals surface area (Å²) in [5.41, 5.74) is -0.749. The summed E-state index contributed by atoms with van der Waals surface area (Å²) in [6.45, 7) is 5.51. The van der Waals surface area contributed by atoms with E-state index in [1.807, 2.05) is 0 Å². The van der Waals surface area contributed by atoms with E-state index in [4.69, 9.17) is 19.3 Å². The number of aliphatic hydroxyl groups is 1. The van der Waals surface area contributed by atoms with Gasteiger partial charge in [-0.1, -0.05) is 13.8 Å². The molecular weight excluding hydrogens is 248 g/mol. The van der Waals surface area contributed by atoms with Crippen molar-refractivity contribution in [3.05, 3.63) is 11.8 Å². The highest BCUT2D eigenvalue weighted by atomic mass is 16.7. The smallest absolute Gasteiger partial charge is 0.196 e. The maximum atomic E-state index is 12.4. The molecule has 1 saturated carbocycles. The van der Waals surface area contributed by atoms with Crippen LogP contribution in [0.2, 0.25) is 0 Å². The summed E-state index contributed by atoms with van der Waals surface area (Å²) in [6.07, 6.45) is 2.64. The van der Waals surface area contributed by atoms with Crippen molar-refractivity contribution < 1.29 is 24.1 Å². The minimum absolute atomic E-state index is 0.0871. The van der Waals surface area contributed by atoms with Crippen molar-refractivity contribution in [2.75, 3.05) is 19.8 Å². The van der Waals surface area contributed by atoms with Crippen molar-refractivity contribution in [1.82, 2.24) is 0 Å². The third kappa shape index (κ3) is 1.68. The van der Waals surface area contributed by atoms with Crippen LogP contribution in [0.5, 0.6) is 0 Å². The van der Waals surface area contributed by atoms with E-state index in [9.17, 15) is 4.79 Å². The van der Waals surface area contributed by atoms with Crippen LogP contribution in [-0.4, -0.2) is 42.1 Å². The fraction of sp³-hybridized carbons (Fsp3) is 0.786. The molecule has 106 valence electrons. The van der Waals surface area contributed by atoms with Gasteiger partial charge in [0.1, 0.15) is 5.60 Å². The standard InChI is InChI=1S/C14H20O5/c1-12(2)9-13(11(16)10(7-15)8-19-13)3-4-14(12)17-5-6-18-14/h7,15H,3-6,8-9H2,1-2H3. The lowest BCUT2D eigenvalue weighted by Gasteiger charge is -2.50. The molecule has 0 radical (unpaired) electrons. The second-order valence-electron chi connectivity index (χ2n) is 6.28. The highest BCUT2D eigenvalue weighted by Gasteiger charge is 2.62. The number of aliphatic hydroxyl groups excluding tert-OH is 1. The minimum atomic E-state index is -0.807. The number of rotatable bonds is 0. The predicted molar refractivity (Wildman–Crippen MR) is 66.7 cm³/mol. The summed E-state index contributed by atoms with van der Waals surface area (Å²) in [5, 5.41) is 9.07. The molecular formula is C14H20O5. The van der Waals surface area contributed by atoms with Crippen LogP contribution in [0.15, 0.2) is 11.8 Å². The van der Waals surface area contributed by atoms with E-state index in [0.717, 1.165) is 6.26 Å². The van der Waals surface area contributed by atoms with E-state index < -0.39 is 11.4 Å². The summed E-state index contributed by atoms with van der Waals surface area (Å²) in [7, 11) is 0. The van der Waals surface area contributed by atoms with E-state index in [1.165, 1.54) is 0 Å². The van der Waals surface area contributed by atoms with Gasteiger partial charge >= 0.3 is 0 Å². The zero-order chi connectivity index (χ0) is 13.7. The molecule has 0 aromatic carbocycles. The molecule has 5 heteroatoms. The maximum Gasteiger partial charge on any atom is 0.196 e. The fourth-order valence-corrected chi connectivity index (χ4v) is 3.68. The summed E-state index contributed by atoms with van der Waals surface area (Å²) in [5.74, 6) is -0.677. The largest absolute Gasteiger partial charge is 0.515 e. The van der Waals surface area contributed by atoms with Gasteiger partial charge in [0.15, 0.2) is 11.6 Å². The van der Waals surface area contributed by atoms with Gasteiger partial charge in [-0.3, -0.25) is 4.79 Å². The predicted octanol–water partition coefficient (Wildman–Crippen LogP) is 1.72. The minimum Gasteiger partial charge on any atom is -0.515 e. The molecule has 2 aliphatic heterocycles. The summed E-state index contributed by atoms with van der Waals surface area (Å²) >= 11 is 0. The second-order valence-corrected chi connectivity index (χ2v) is 6.28. The molecule has 2 heterocycles. The first kappa shape index (κ1) is 13.1. The van der Waals surface area contributed by atoms with E-state index >= 15 is 0 Å². The lowest BCUT2D eigenvalue weighted by Crippen LogP contribution is -2.57. The molecule has 0 aromatic heterocycles. The molecule has 0 amide bonds. The van der Waals surface area contributed by atoms with Crippen LogP contribution in [0.1, 0.15) is 33.1 Å². The molecule has 0 bridgehead atoms. The summed E-state index contributed by atoms with van der Waals surface area (Å²) < 4.78 is 17.4. The molecule has 3 rings (SSSR count). The zero-order valence-corrected chi connectivity index (χ0v) is 11.4. The number of Topliss-reactive ketones (excluding diaryl/α,β-unsaturated/α-hetero) is 1. The Morgan fingerprint density at radius 2 is 1.84 bits per heavy atom. The molecule has 5 nitrogen and oxygen atoms in total. The molecule has 1 unspecified atom stereocenters. The molecule has 1 aliphatic carbocycles. The Bertz CT molecular complexity index is 433. The quantitative estimate of drug-likeness (QED) is 0.535. The topological polar surface area (TPSA) is 65.0 Å². The van der Waals surface area contributed by atoms with E-state index in [1.54, 1.807) is 0 Å². The SMILES string of the molecule is CC1(C)CC2(CCC13OCCO3)OCC(=CO)C2=O. The van der Waals surface area contributed by atoms with Gasteiger partial charge in [0.05, 0.1) is 31.7 Å². The monoisotopic (exact) mass is 268 g/mol. The molecule has 2 saturated heterocycles. The Labute approximate surface area is 112 Å². The van der Waals surface area contributed by atoms with E-state index in [0.29, 0.717) is 38.0 Å². The number of ketones is 1. The van der Waals surface area contributed by atoms with Crippen LogP contribution in [0.4, 0.5) is 0 Å². The molecule has 1 N–H and O–H groups in total. The maximum absolute atomic E-state index is 12.4. The third-order valence-corrected chi connectivity index (χ3v) is 4.74. The van der Waals surface area contributed by atoms with Crippen LogP contribution in [0.3, 0.4) is 0 Å². The fourth-order valence-electron chi connectivity index (χ4n) is 3.68. The first-order chi connectivity index (χ1) is 8.95. The number of ether oxygens (including phenoxy) is 3. The molecule has 1 atom stereocenters. The van der Waals surface area contributed by atoms with Crippen molar-refractivity contribution in [2.24, 2.45) is 5.41 Å². The summed E-state index contributed by atoms with van der Waals surface area (Å²) in [4.78, 5) is 12.4. The van der Waals surface area contributed by atoms with Crippen LogP contribution >= 0.6 is 0 Å². The van der Waals surface area contributed by atoms with Gasteiger partial charge in [0, 0.05) is 11.8 Å². The highest BCUT2D eigenvalue weighted by Crippen LogP contribution is 2.55. The average molecular weight is 268 g/mol. The van der Waals surface area contributed by atoms with Crippen molar-refractivity contribution in [2.45, 2.75) is 44.5 Å². The zero-order valence-electron chi connectivity index (χ0n) is 11.4. The molecule has 2 spiro atoms. The highest BCUT2D eigenvalue weighted by molar-refractivity contribution is 6.03. The lowest BCUT2D eigenvalue weighted by atomic mass is 9.64. The first-order valence-corrected chi connectivity index (χ1v) is 6.75. The van der Waals surface area contributed by atoms with Crippen LogP contribution < -0.4 is 0 Å². The number of carbonyl (C=O) groups is 1. The van der Waals surface area contributed by atoms with Crippen molar-refractivity contribution >= 4 is 5.78 Å². The van der Waals surface area contributed by atoms with Crippen LogP contribution in [0.25, 0.3) is 0 Å². The normalized spacial score (nSPS) is 38.6. The average Bonchev–Trinajstić information content (AvgIpc) is 2.94. The molecule has 19 heavy (non-hydrogen) atoms.